The molecule has 1 aromatic carbocycles. The van der Waals surface area contributed by atoms with Gasteiger partial charge in [0, 0.05) is 5.70 Å². The number of allylic oxidation sites excluding steroid dienone is 6. The molecule has 2 aromatic rings. The maximum absolute atomic E-state index is 11.4. The minimum Gasteiger partial charge on any atom is -0.353 e. The molecule has 5 nitrogen and oxygen atoms in total. The first-order valence-corrected chi connectivity index (χ1v) is 8.08. The number of ketones is 1. The van der Waals surface area contributed by atoms with Crippen molar-refractivity contribution in [1.29, 1.82) is 0 Å². The van der Waals surface area contributed by atoms with Crippen LogP contribution >= 0.6 is 0 Å². The maximum Gasteiger partial charge on any atom is 0.178 e. The van der Waals surface area contributed by atoms with Gasteiger partial charge < -0.3 is 5.32 Å². The molecule has 0 aliphatic heterocycles. The molecule has 1 aliphatic carbocycles. The van der Waals surface area contributed by atoms with Gasteiger partial charge in [-0.05, 0) is 61.6 Å². The minimum atomic E-state index is -0.109. The fourth-order valence-corrected chi connectivity index (χ4v) is 2.73. The number of benzene rings is 1. The third-order valence-corrected chi connectivity index (χ3v) is 3.98. The zero-order valence-electron chi connectivity index (χ0n) is 13.5. The molecule has 122 valence electrons. The van der Waals surface area contributed by atoms with Gasteiger partial charge in [0.05, 0.1) is 5.69 Å². The summed E-state index contributed by atoms with van der Waals surface area (Å²) in [6.07, 6.45) is 13.3. The number of anilines is 1. The molecule has 1 heterocycles. The van der Waals surface area contributed by atoms with Crippen LogP contribution in [0.15, 0.2) is 66.4 Å². The molecular weight excluding hydrogens is 300 g/mol. The Hall–Kier alpha value is -2.95. The molecule has 1 aliphatic rings. The summed E-state index contributed by atoms with van der Waals surface area (Å²) in [5.41, 5.74) is 4.75. The lowest BCUT2D eigenvalue weighted by Gasteiger charge is -2.18. The van der Waals surface area contributed by atoms with E-state index in [9.17, 15) is 4.79 Å². The molecule has 0 amide bonds. The summed E-state index contributed by atoms with van der Waals surface area (Å²) in [5, 5.41) is 14.4. The molecule has 5 heteroatoms. The molecule has 2 N–H and O–H groups in total. The van der Waals surface area contributed by atoms with Gasteiger partial charge in [-0.25, -0.2) is 0 Å². The van der Waals surface area contributed by atoms with Crippen molar-refractivity contribution in [1.82, 2.24) is 15.4 Å². The Morgan fingerprint density at radius 2 is 2.21 bits per heavy atom. The maximum atomic E-state index is 11.4. The van der Waals surface area contributed by atoms with Crippen LogP contribution in [0.5, 0.6) is 0 Å². The average molecular weight is 320 g/mol. The van der Waals surface area contributed by atoms with Gasteiger partial charge in [0.25, 0.3) is 0 Å². The van der Waals surface area contributed by atoms with Crippen LogP contribution < -0.4 is 5.32 Å². The van der Waals surface area contributed by atoms with Gasteiger partial charge in [-0.1, -0.05) is 24.8 Å². The smallest absolute Gasteiger partial charge is 0.178 e. The van der Waals surface area contributed by atoms with E-state index >= 15 is 0 Å². The molecule has 24 heavy (non-hydrogen) atoms. The zero-order valence-corrected chi connectivity index (χ0v) is 13.5. The van der Waals surface area contributed by atoms with Crippen LogP contribution in [0.1, 0.15) is 25.7 Å². The standard InChI is InChI=1S/C19H20N4O/c1-2-15(24)10-6-11-16(14-8-4-3-5-9-14)20-17-12-7-13-18-19(17)22-23-21-18/h2,6-8,10-13,20H,1,3-5,9H2,(H,21,22,23)/b10-6-,16-11-. The summed E-state index contributed by atoms with van der Waals surface area (Å²) in [6, 6.07) is 5.83. The average Bonchev–Trinajstić information content (AvgIpc) is 3.11. The summed E-state index contributed by atoms with van der Waals surface area (Å²) in [6.45, 7) is 3.48. The molecule has 0 saturated heterocycles. The van der Waals surface area contributed by atoms with Gasteiger partial charge in [-0.15, -0.1) is 0 Å². The molecule has 0 unspecified atom stereocenters. The highest BCUT2D eigenvalue weighted by molar-refractivity contribution is 5.98. The van der Waals surface area contributed by atoms with E-state index in [1.807, 2.05) is 24.3 Å². The van der Waals surface area contributed by atoms with Crippen LogP contribution in [0.3, 0.4) is 0 Å². The van der Waals surface area contributed by atoms with E-state index in [0.29, 0.717) is 0 Å². The highest BCUT2D eigenvalue weighted by Gasteiger charge is 2.11. The molecule has 0 spiro atoms. The van der Waals surface area contributed by atoms with Crippen molar-refractivity contribution >= 4 is 22.5 Å². The molecule has 0 fully saturated rings. The van der Waals surface area contributed by atoms with Crippen LogP contribution in [0.25, 0.3) is 11.0 Å². The topological polar surface area (TPSA) is 70.7 Å². The van der Waals surface area contributed by atoms with Crippen LogP contribution in [-0.4, -0.2) is 21.2 Å². The predicted octanol–water partition coefficient (Wildman–Crippen LogP) is 4.07. The SMILES string of the molecule is C=CC(=O)/C=C\C=C(/Nc1cccc2n[nH]nc12)C1=CCCCC1. The summed E-state index contributed by atoms with van der Waals surface area (Å²) >= 11 is 0. The first-order chi connectivity index (χ1) is 11.8. The number of carbonyl (C=O) groups is 1. The molecule has 0 atom stereocenters. The number of rotatable bonds is 6. The number of nitrogens with zero attached hydrogens (tertiary/aromatic N) is 2. The monoisotopic (exact) mass is 320 g/mol. The first kappa shape index (κ1) is 15.9. The Balaban J connectivity index is 1.92. The van der Waals surface area contributed by atoms with E-state index in [0.717, 1.165) is 35.3 Å². The summed E-state index contributed by atoms with van der Waals surface area (Å²) in [5.74, 6) is -0.109. The molecule has 1 aromatic heterocycles. The number of hydrogen-bond acceptors (Lipinski definition) is 4. The molecular formula is C19H20N4O. The van der Waals surface area contributed by atoms with Gasteiger partial charge in [0.1, 0.15) is 11.0 Å². The number of nitrogens with one attached hydrogen (secondary N) is 2. The third-order valence-electron chi connectivity index (χ3n) is 3.98. The summed E-state index contributed by atoms with van der Waals surface area (Å²) in [7, 11) is 0. The predicted molar refractivity (Wildman–Crippen MR) is 96.5 cm³/mol. The van der Waals surface area contributed by atoms with Crippen molar-refractivity contribution in [3.63, 3.8) is 0 Å². The third kappa shape index (κ3) is 3.68. The van der Waals surface area contributed by atoms with E-state index in [-0.39, 0.29) is 5.78 Å². The van der Waals surface area contributed by atoms with Crippen LogP contribution in [-0.2, 0) is 4.79 Å². The molecule has 0 radical (unpaired) electrons. The number of H-pyrrole nitrogens is 1. The first-order valence-electron chi connectivity index (χ1n) is 8.08. The fourth-order valence-electron chi connectivity index (χ4n) is 2.73. The van der Waals surface area contributed by atoms with Crippen molar-refractivity contribution in [3.05, 3.63) is 66.4 Å². The van der Waals surface area contributed by atoms with Gasteiger partial charge >= 0.3 is 0 Å². The van der Waals surface area contributed by atoms with Gasteiger partial charge in [0.2, 0.25) is 0 Å². The Labute approximate surface area is 140 Å². The van der Waals surface area contributed by atoms with Crippen molar-refractivity contribution in [2.75, 3.05) is 5.32 Å². The number of aromatic nitrogens is 3. The van der Waals surface area contributed by atoms with E-state index < -0.39 is 0 Å². The lowest BCUT2D eigenvalue weighted by Crippen LogP contribution is -2.06. The quantitative estimate of drug-likeness (QED) is 0.622. The Bertz CT molecular complexity index is 842. The number of carbonyl (C=O) groups excluding carboxylic acids is 1. The largest absolute Gasteiger partial charge is 0.353 e. The molecule has 0 saturated carbocycles. The normalized spacial score (nSPS) is 15.5. The summed E-state index contributed by atoms with van der Waals surface area (Å²) in [4.78, 5) is 11.4. The van der Waals surface area contributed by atoms with Gasteiger partial charge in [-0.2, -0.15) is 15.4 Å². The van der Waals surface area contributed by atoms with E-state index in [1.54, 1.807) is 6.08 Å². The molecule has 3 rings (SSSR count). The van der Waals surface area contributed by atoms with Crippen molar-refractivity contribution < 1.29 is 4.79 Å². The Morgan fingerprint density at radius 1 is 1.29 bits per heavy atom. The van der Waals surface area contributed by atoms with E-state index in [4.69, 9.17) is 0 Å². The van der Waals surface area contributed by atoms with E-state index in [1.165, 1.54) is 30.6 Å². The van der Waals surface area contributed by atoms with Gasteiger partial charge in [0.15, 0.2) is 5.78 Å². The highest BCUT2D eigenvalue weighted by Crippen LogP contribution is 2.27. The van der Waals surface area contributed by atoms with Crippen molar-refractivity contribution in [2.45, 2.75) is 25.7 Å². The summed E-state index contributed by atoms with van der Waals surface area (Å²) < 4.78 is 0. The highest BCUT2D eigenvalue weighted by atomic mass is 16.1. The van der Waals surface area contributed by atoms with E-state index in [2.05, 4.69) is 33.4 Å². The van der Waals surface area contributed by atoms with Crippen molar-refractivity contribution in [2.24, 2.45) is 0 Å². The van der Waals surface area contributed by atoms with Crippen LogP contribution in [0, 0.1) is 0 Å². The Kier molecular flexibility index (Phi) is 5.01. The fraction of sp³-hybridized carbons (Fsp3) is 0.211. The molecule has 0 bridgehead atoms. The number of hydrogen-bond donors (Lipinski definition) is 2. The van der Waals surface area contributed by atoms with Crippen LogP contribution in [0.4, 0.5) is 5.69 Å². The number of aromatic amines is 1. The second kappa shape index (κ2) is 7.55. The van der Waals surface area contributed by atoms with Gasteiger partial charge in [-0.3, -0.25) is 4.79 Å². The minimum absolute atomic E-state index is 0.109. The second-order valence-electron chi connectivity index (χ2n) is 5.64. The number of para-hydroxylation sites is 1. The van der Waals surface area contributed by atoms with Crippen LogP contribution in [0.2, 0.25) is 0 Å². The Morgan fingerprint density at radius 3 is 3.00 bits per heavy atom. The number of fused-ring (bicyclic) bond motifs is 1. The lowest BCUT2D eigenvalue weighted by molar-refractivity contribution is -0.110. The second-order valence-corrected chi connectivity index (χ2v) is 5.64. The lowest BCUT2D eigenvalue weighted by atomic mass is 9.96. The zero-order chi connectivity index (χ0) is 16.8. The van der Waals surface area contributed by atoms with Crippen molar-refractivity contribution in [3.8, 4) is 0 Å².